The van der Waals surface area contributed by atoms with Gasteiger partial charge >= 0.3 is 0 Å². The molecule has 0 unspecified atom stereocenters. The molecule has 1 amide bonds. The minimum Gasteiger partial charge on any atom is -0.272 e. The maximum absolute atomic E-state index is 11.6. The predicted molar refractivity (Wildman–Crippen MR) is 86.0 cm³/mol. The van der Waals surface area contributed by atoms with Gasteiger partial charge in [-0.2, -0.15) is 10.1 Å². The van der Waals surface area contributed by atoms with Gasteiger partial charge in [0.05, 0.1) is 11.5 Å². The second-order valence-electron chi connectivity index (χ2n) is 3.57. The first kappa shape index (κ1) is 14.2. The Bertz CT molecular complexity index is 544. The van der Waals surface area contributed by atoms with Gasteiger partial charge in [0, 0.05) is 14.5 Å². The van der Waals surface area contributed by atoms with Gasteiger partial charge in [-0.05, 0) is 19.1 Å². The summed E-state index contributed by atoms with van der Waals surface area (Å²) in [5, 5.41) is 5.59. The van der Waals surface area contributed by atoms with Crippen LogP contribution in [0, 0.1) is 0 Å². The van der Waals surface area contributed by atoms with Crippen molar-refractivity contribution in [2.75, 3.05) is 5.75 Å². The van der Waals surface area contributed by atoms with E-state index in [1.165, 1.54) is 16.8 Å². The van der Waals surface area contributed by atoms with Crippen LogP contribution in [-0.2, 0) is 4.79 Å². The molecule has 0 radical (unpaired) electrons. The van der Waals surface area contributed by atoms with E-state index in [9.17, 15) is 4.79 Å². The van der Waals surface area contributed by atoms with Crippen LogP contribution in [0.3, 0.4) is 0 Å². The number of carbonyl (C=O) groups excluding carboxylic acids is 1. The fourth-order valence-corrected chi connectivity index (χ4v) is 3.72. The lowest BCUT2D eigenvalue weighted by Crippen LogP contribution is -2.24. The van der Waals surface area contributed by atoms with Crippen LogP contribution in [0.4, 0.5) is 0 Å². The molecular weight excluding hydrogens is 400 g/mol. The van der Waals surface area contributed by atoms with Crippen molar-refractivity contribution in [1.29, 1.82) is 0 Å². The predicted octanol–water partition coefficient (Wildman–Crippen LogP) is 3.80. The summed E-state index contributed by atoms with van der Waals surface area (Å²) in [6.45, 7) is 1.85. The number of amides is 1. The number of carbonyl (C=O) groups is 1. The van der Waals surface area contributed by atoms with Gasteiger partial charge in [-0.1, -0.05) is 61.9 Å². The lowest BCUT2D eigenvalue weighted by molar-refractivity contribution is -0.124. The quantitative estimate of drug-likeness (QED) is 0.552. The average molecular weight is 408 g/mol. The van der Waals surface area contributed by atoms with Crippen LogP contribution in [0.5, 0.6) is 0 Å². The van der Waals surface area contributed by atoms with Gasteiger partial charge in [0.1, 0.15) is 0 Å². The van der Waals surface area contributed by atoms with E-state index < -0.39 is 0 Å². The highest BCUT2D eigenvalue weighted by Gasteiger charge is 2.26. The summed E-state index contributed by atoms with van der Waals surface area (Å²) in [5.41, 5.74) is 1.68. The number of thiocarbonyl (C=S) groups is 1. The SMILES string of the molecule is CC(=NN1C(=O)CSC1=S)c1ccc(Br)cc1Br. The topological polar surface area (TPSA) is 32.7 Å². The largest absolute Gasteiger partial charge is 0.272 e. The van der Waals surface area contributed by atoms with E-state index >= 15 is 0 Å². The molecule has 3 nitrogen and oxygen atoms in total. The first-order valence-electron chi connectivity index (χ1n) is 4.99. The Balaban J connectivity index is 2.33. The molecule has 18 heavy (non-hydrogen) atoms. The van der Waals surface area contributed by atoms with Gasteiger partial charge in [0.15, 0.2) is 4.32 Å². The van der Waals surface area contributed by atoms with Crippen LogP contribution >= 0.6 is 55.8 Å². The molecule has 0 aromatic heterocycles. The third-order valence-corrected chi connectivity index (χ3v) is 4.79. The summed E-state index contributed by atoms with van der Waals surface area (Å²) in [6, 6.07) is 5.80. The van der Waals surface area contributed by atoms with Crippen molar-refractivity contribution in [3.05, 3.63) is 32.7 Å². The van der Waals surface area contributed by atoms with Crippen LogP contribution in [0.1, 0.15) is 12.5 Å². The number of hydrogen-bond acceptors (Lipinski definition) is 4. The Morgan fingerprint density at radius 2 is 2.22 bits per heavy atom. The summed E-state index contributed by atoms with van der Waals surface area (Å²) in [6.07, 6.45) is 0. The van der Waals surface area contributed by atoms with E-state index in [0.29, 0.717) is 10.1 Å². The summed E-state index contributed by atoms with van der Waals surface area (Å²) in [7, 11) is 0. The molecule has 7 heteroatoms. The monoisotopic (exact) mass is 406 g/mol. The van der Waals surface area contributed by atoms with Crippen LogP contribution in [0.25, 0.3) is 0 Å². The van der Waals surface area contributed by atoms with Crippen LogP contribution in [0.2, 0.25) is 0 Å². The third kappa shape index (κ3) is 3.01. The molecule has 0 N–H and O–H groups in total. The molecule has 0 bridgehead atoms. The van der Waals surface area contributed by atoms with Gasteiger partial charge < -0.3 is 0 Å². The number of thioether (sulfide) groups is 1. The van der Waals surface area contributed by atoms with Crippen LogP contribution < -0.4 is 0 Å². The van der Waals surface area contributed by atoms with Crippen molar-refractivity contribution in [3.63, 3.8) is 0 Å². The fraction of sp³-hybridized carbons (Fsp3) is 0.182. The molecule has 0 atom stereocenters. The molecule has 0 aliphatic carbocycles. The highest BCUT2D eigenvalue weighted by molar-refractivity contribution is 9.11. The third-order valence-electron chi connectivity index (χ3n) is 2.30. The van der Waals surface area contributed by atoms with Crippen molar-refractivity contribution in [1.82, 2.24) is 5.01 Å². The lowest BCUT2D eigenvalue weighted by atomic mass is 10.1. The molecule has 1 aliphatic rings. The molecule has 1 aromatic carbocycles. The number of hydrazone groups is 1. The molecule has 0 spiro atoms. The van der Waals surface area contributed by atoms with Crippen molar-refractivity contribution in [3.8, 4) is 0 Å². The Kier molecular flexibility index (Phi) is 4.58. The van der Waals surface area contributed by atoms with Crippen LogP contribution in [0.15, 0.2) is 32.2 Å². The average Bonchev–Trinajstić information content (AvgIpc) is 2.60. The Morgan fingerprint density at radius 1 is 1.50 bits per heavy atom. The van der Waals surface area contributed by atoms with Gasteiger partial charge in [0.25, 0.3) is 5.91 Å². The van der Waals surface area contributed by atoms with E-state index in [4.69, 9.17) is 12.2 Å². The molecule has 1 fully saturated rings. The summed E-state index contributed by atoms with van der Waals surface area (Å²) < 4.78 is 2.41. The molecule has 2 rings (SSSR count). The zero-order valence-corrected chi connectivity index (χ0v) is 14.1. The Hall–Kier alpha value is -0.240. The first-order chi connectivity index (χ1) is 8.49. The Labute approximate surface area is 131 Å². The van der Waals surface area contributed by atoms with Crippen molar-refractivity contribution < 1.29 is 4.79 Å². The molecule has 1 heterocycles. The Morgan fingerprint density at radius 3 is 2.78 bits per heavy atom. The number of halogens is 2. The molecule has 0 saturated carbocycles. The number of nitrogens with zero attached hydrogens (tertiary/aromatic N) is 2. The van der Waals surface area contributed by atoms with Gasteiger partial charge in [-0.25, -0.2) is 0 Å². The highest BCUT2D eigenvalue weighted by atomic mass is 79.9. The molecule has 94 valence electrons. The summed E-state index contributed by atoms with van der Waals surface area (Å²) in [4.78, 5) is 11.6. The minimum atomic E-state index is -0.0717. The van der Waals surface area contributed by atoms with Gasteiger partial charge in [-0.15, -0.1) is 0 Å². The normalized spacial score (nSPS) is 16.6. The number of rotatable bonds is 2. The number of benzene rings is 1. The highest BCUT2D eigenvalue weighted by Crippen LogP contribution is 2.24. The van der Waals surface area contributed by atoms with Crippen molar-refractivity contribution >= 4 is 71.8 Å². The van der Waals surface area contributed by atoms with E-state index in [0.717, 1.165) is 20.2 Å². The second kappa shape index (κ2) is 5.81. The summed E-state index contributed by atoms with van der Waals surface area (Å²) in [5.74, 6) is 0.300. The van der Waals surface area contributed by atoms with E-state index in [2.05, 4.69) is 37.0 Å². The first-order valence-corrected chi connectivity index (χ1v) is 7.97. The standard InChI is InChI=1S/C11H8Br2N2OS2/c1-6(8-3-2-7(12)4-9(8)13)14-15-10(16)5-18-11(15)17/h2-4H,5H2,1H3. The zero-order valence-electron chi connectivity index (χ0n) is 9.31. The van der Waals surface area contributed by atoms with E-state index in [1.54, 1.807) is 0 Å². The van der Waals surface area contributed by atoms with Gasteiger partial charge in [-0.3, -0.25) is 4.79 Å². The lowest BCUT2D eigenvalue weighted by Gasteiger charge is -2.11. The fourth-order valence-electron chi connectivity index (χ4n) is 1.43. The molecule has 1 saturated heterocycles. The molecule has 1 aliphatic heterocycles. The summed E-state index contributed by atoms with van der Waals surface area (Å²) >= 11 is 13.3. The van der Waals surface area contributed by atoms with Crippen molar-refractivity contribution in [2.45, 2.75) is 6.92 Å². The number of hydrogen-bond donors (Lipinski definition) is 0. The van der Waals surface area contributed by atoms with Crippen LogP contribution in [-0.4, -0.2) is 26.7 Å². The van der Waals surface area contributed by atoms with Gasteiger partial charge in [0.2, 0.25) is 0 Å². The smallest absolute Gasteiger partial charge is 0.259 e. The second-order valence-corrected chi connectivity index (χ2v) is 6.95. The maximum Gasteiger partial charge on any atom is 0.259 e. The zero-order chi connectivity index (χ0) is 13.3. The maximum atomic E-state index is 11.6. The molecular formula is C11H8Br2N2OS2. The molecule has 1 aromatic rings. The minimum absolute atomic E-state index is 0.0717. The van der Waals surface area contributed by atoms with E-state index in [1.807, 2.05) is 25.1 Å². The van der Waals surface area contributed by atoms with E-state index in [-0.39, 0.29) is 5.91 Å². The van der Waals surface area contributed by atoms with Crippen molar-refractivity contribution in [2.24, 2.45) is 5.10 Å².